The maximum atomic E-state index is 12.5. The third-order valence-corrected chi connectivity index (χ3v) is 6.18. The maximum absolute atomic E-state index is 12.5. The Morgan fingerprint density at radius 3 is 2.85 bits per heavy atom. The fourth-order valence-electron chi connectivity index (χ4n) is 3.59. The monoisotopic (exact) mass is 458 g/mol. The van der Waals surface area contributed by atoms with Crippen molar-refractivity contribution in [2.45, 2.75) is 0 Å². The predicted molar refractivity (Wildman–Crippen MR) is 131 cm³/mol. The van der Waals surface area contributed by atoms with Crippen LogP contribution in [0, 0.1) is 0 Å². The van der Waals surface area contributed by atoms with Gasteiger partial charge in [-0.05, 0) is 55.0 Å². The van der Waals surface area contributed by atoms with Crippen molar-refractivity contribution in [2.24, 2.45) is 0 Å². The van der Waals surface area contributed by atoms with E-state index in [9.17, 15) is 4.79 Å². The van der Waals surface area contributed by atoms with E-state index in [-0.39, 0.29) is 5.91 Å². The number of benzene rings is 2. The minimum atomic E-state index is -0.0996. The minimum Gasteiger partial charge on any atom is -0.351 e. The van der Waals surface area contributed by atoms with Gasteiger partial charge in [-0.1, -0.05) is 18.2 Å². The van der Waals surface area contributed by atoms with Crippen LogP contribution in [0.25, 0.3) is 32.4 Å². The summed E-state index contributed by atoms with van der Waals surface area (Å²) >= 11 is 1.67. The molecule has 0 atom stereocenters. The van der Waals surface area contributed by atoms with Crippen molar-refractivity contribution >= 4 is 49.7 Å². The fourth-order valence-corrected chi connectivity index (χ4v) is 4.52. The number of fused-ring (bicyclic) bond motifs is 3. The molecule has 0 bridgehead atoms. The number of aromatic nitrogens is 5. The molecule has 10 heteroatoms. The number of nitrogens with zero attached hydrogens (tertiary/aromatic N) is 5. The zero-order valence-corrected chi connectivity index (χ0v) is 19.0. The summed E-state index contributed by atoms with van der Waals surface area (Å²) in [4.78, 5) is 19.5. The Labute approximate surface area is 193 Å². The van der Waals surface area contributed by atoms with Crippen LogP contribution < -0.4 is 10.6 Å². The lowest BCUT2D eigenvalue weighted by atomic mass is 10.1. The SMILES string of the molecule is CN(C)CCNC(=O)c1cccc(Nc2nc3cc(-c4nn[nH]n4)ccc3c3sccc23)c1. The van der Waals surface area contributed by atoms with E-state index in [1.807, 2.05) is 55.4 Å². The molecule has 2 aromatic carbocycles. The third kappa shape index (κ3) is 4.38. The summed E-state index contributed by atoms with van der Waals surface area (Å²) in [5.41, 5.74) is 3.05. The molecule has 33 heavy (non-hydrogen) atoms. The van der Waals surface area contributed by atoms with Gasteiger partial charge in [0, 0.05) is 45.4 Å². The second-order valence-corrected chi connectivity index (χ2v) is 8.77. The molecule has 0 fully saturated rings. The minimum absolute atomic E-state index is 0.0996. The van der Waals surface area contributed by atoms with Gasteiger partial charge in [-0.2, -0.15) is 5.21 Å². The van der Waals surface area contributed by atoms with Gasteiger partial charge in [-0.15, -0.1) is 21.5 Å². The number of hydrogen-bond donors (Lipinski definition) is 3. The number of hydrogen-bond acceptors (Lipinski definition) is 8. The molecule has 3 N–H and O–H groups in total. The number of anilines is 2. The van der Waals surface area contributed by atoms with E-state index in [1.165, 1.54) is 0 Å². The van der Waals surface area contributed by atoms with Gasteiger partial charge in [0.15, 0.2) is 0 Å². The second-order valence-electron chi connectivity index (χ2n) is 7.86. The lowest BCUT2D eigenvalue weighted by molar-refractivity contribution is 0.0951. The number of aromatic amines is 1. The number of carbonyl (C=O) groups is 1. The average molecular weight is 459 g/mol. The van der Waals surface area contributed by atoms with Gasteiger partial charge in [0.2, 0.25) is 5.82 Å². The normalized spacial score (nSPS) is 11.4. The van der Waals surface area contributed by atoms with Crippen LogP contribution >= 0.6 is 11.3 Å². The van der Waals surface area contributed by atoms with Gasteiger partial charge in [0.05, 0.1) is 5.52 Å². The summed E-state index contributed by atoms with van der Waals surface area (Å²) in [6, 6.07) is 15.5. The molecule has 3 heterocycles. The number of amides is 1. The van der Waals surface area contributed by atoms with Gasteiger partial charge in [0.1, 0.15) is 5.82 Å². The van der Waals surface area contributed by atoms with Crippen molar-refractivity contribution in [2.75, 3.05) is 32.5 Å². The number of tetrazole rings is 1. The van der Waals surface area contributed by atoms with Crippen molar-refractivity contribution in [3.8, 4) is 11.4 Å². The molecular formula is C23H22N8OS. The van der Waals surface area contributed by atoms with E-state index in [0.717, 1.165) is 44.6 Å². The summed E-state index contributed by atoms with van der Waals surface area (Å²) in [6.45, 7) is 1.38. The molecule has 0 aliphatic carbocycles. The van der Waals surface area contributed by atoms with Gasteiger partial charge in [-0.25, -0.2) is 4.98 Å². The number of thiophene rings is 1. The number of rotatable bonds is 7. The number of pyridine rings is 1. The predicted octanol–water partition coefficient (Wildman–Crippen LogP) is 3.66. The molecule has 0 aliphatic heterocycles. The van der Waals surface area contributed by atoms with E-state index >= 15 is 0 Å². The first-order chi connectivity index (χ1) is 16.1. The maximum Gasteiger partial charge on any atom is 0.251 e. The molecule has 0 radical (unpaired) electrons. The Kier molecular flexibility index (Phi) is 5.68. The molecule has 0 spiro atoms. The van der Waals surface area contributed by atoms with Crippen LogP contribution in [-0.2, 0) is 0 Å². The van der Waals surface area contributed by atoms with Crippen molar-refractivity contribution in [1.82, 2.24) is 35.8 Å². The molecule has 0 aliphatic rings. The molecule has 5 aromatic rings. The smallest absolute Gasteiger partial charge is 0.251 e. The summed E-state index contributed by atoms with van der Waals surface area (Å²) < 4.78 is 1.14. The standard InChI is InChI=1S/C23H22N8OS/c1-31(2)10-9-24-23(32)15-4-3-5-16(12-15)25-22-18-8-11-33-20(18)17-7-6-14(13-19(17)26-22)21-27-29-30-28-21/h3-8,11-13H,9-10H2,1-2H3,(H,24,32)(H,25,26)(H,27,28,29,30). The Hall–Kier alpha value is -3.89. The molecule has 3 aromatic heterocycles. The Morgan fingerprint density at radius 2 is 2.03 bits per heavy atom. The highest BCUT2D eigenvalue weighted by Crippen LogP contribution is 2.36. The van der Waals surface area contributed by atoms with Crippen LogP contribution in [0.5, 0.6) is 0 Å². The average Bonchev–Trinajstić information content (AvgIpc) is 3.51. The summed E-state index contributed by atoms with van der Waals surface area (Å²) in [5, 5.41) is 24.8. The largest absolute Gasteiger partial charge is 0.351 e. The molecule has 0 unspecified atom stereocenters. The van der Waals surface area contributed by atoms with Gasteiger partial charge in [0.25, 0.3) is 5.91 Å². The van der Waals surface area contributed by atoms with E-state index < -0.39 is 0 Å². The fraction of sp³-hybridized carbons (Fsp3) is 0.174. The lowest BCUT2D eigenvalue weighted by Gasteiger charge is -2.12. The zero-order valence-electron chi connectivity index (χ0n) is 18.2. The molecular weight excluding hydrogens is 436 g/mol. The first-order valence-corrected chi connectivity index (χ1v) is 11.3. The highest BCUT2D eigenvalue weighted by atomic mass is 32.1. The lowest BCUT2D eigenvalue weighted by Crippen LogP contribution is -2.31. The number of carbonyl (C=O) groups excluding carboxylic acids is 1. The van der Waals surface area contributed by atoms with Gasteiger partial charge in [-0.3, -0.25) is 4.79 Å². The van der Waals surface area contributed by atoms with E-state index in [2.05, 4.69) is 42.7 Å². The molecule has 5 rings (SSSR count). The molecule has 0 saturated heterocycles. The first kappa shape index (κ1) is 21.0. The number of nitrogens with one attached hydrogen (secondary N) is 3. The van der Waals surface area contributed by atoms with Crippen molar-refractivity contribution in [3.05, 3.63) is 59.5 Å². The summed E-state index contributed by atoms with van der Waals surface area (Å²) in [5.74, 6) is 1.15. The van der Waals surface area contributed by atoms with Crippen LogP contribution in [0.4, 0.5) is 11.5 Å². The van der Waals surface area contributed by atoms with Crippen molar-refractivity contribution < 1.29 is 4.79 Å². The molecule has 166 valence electrons. The quantitative estimate of drug-likeness (QED) is 0.341. The van der Waals surface area contributed by atoms with Crippen LogP contribution in [0.2, 0.25) is 0 Å². The Morgan fingerprint density at radius 1 is 1.12 bits per heavy atom. The van der Waals surface area contributed by atoms with Gasteiger partial charge >= 0.3 is 0 Å². The third-order valence-electron chi connectivity index (χ3n) is 5.23. The molecule has 9 nitrogen and oxygen atoms in total. The van der Waals surface area contributed by atoms with E-state index in [0.29, 0.717) is 17.9 Å². The second kappa shape index (κ2) is 8.93. The van der Waals surface area contributed by atoms with Gasteiger partial charge < -0.3 is 15.5 Å². The van der Waals surface area contributed by atoms with Crippen LogP contribution in [-0.4, -0.2) is 63.6 Å². The zero-order chi connectivity index (χ0) is 22.8. The molecule has 0 saturated carbocycles. The van der Waals surface area contributed by atoms with E-state index in [4.69, 9.17) is 4.98 Å². The molecule has 1 amide bonds. The highest BCUT2D eigenvalue weighted by molar-refractivity contribution is 7.18. The van der Waals surface area contributed by atoms with Crippen molar-refractivity contribution in [1.29, 1.82) is 0 Å². The van der Waals surface area contributed by atoms with Crippen molar-refractivity contribution in [3.63, 3.8) is 0 Å². The Bertz CT molecular complexity index is 1430. The van der Waals surface area contributed by atoms with Crippen LogP contribution in [0.1, 0.15) is 10.4 Å². The highest BCUT2D eigenvalue weighted by Gasteiger charge is 2.13. The van der Waals surface area contributed by atoms with Crippen LogP contribution in [0.3, 0.4) is 0 Å². The first-order valence-electron chi connectivity index (χ1n) is 10.4. The summed E-state index contributed by atoms with van der Waals surface area (Å²) in [7, 11) is 3.95. The topological polar surface area (TPSA) is 112 Å². The van der Waals surface area contributed by atoms with E-state index in [1.54, 1.807) is 17.4 Å². The number of likely N-dealkylation sites (N-methyl/N-ethyl adjacent to an activating group) is 1. The summed E-state index contributed by atoms with van der Waals surface area (Å²) in [6.07, 6.45) is 0. The Balaban J connectivity index is 1.47. The van der Waals surface area contributed by atoms with Crippen LogP contribution in [0.15, 0.2) is 53.9 Å². The number of H-pyrrole nitrogens is 1.